The highest BCUT2D eigenvalue weighted by atomic mass is 35.5. The molecule has 0 aliphatic carbocycles. The SMILES string of the molecule is O=C(NCc1cc(-c2ccc3c(c2)OCO3)on1)c1ccccc1Cl. The van der Waals surface area contributed by atoms with Crippen LogP contribution in [0.5, 0.6) is 11.5 Å². The molecule has 1 aromatic heterocycles. The van der Waals surface area contributed by atoms with Crippen LogP contribution in [0.1, 0.15) is 16.1 Å². The maximum atomic E-state index is 12.2. The van der Waals surface area contributed by atoms with Gasteiger partial charge < -0.3 is 19.3 Å². The second-order valence-electron chi connectivity index (χ2n) is 5.41. The Balaban J connectivity index is 1.45. The fourth-order valence-electron chi connectivity index (χ4n) is 2.49. The Morgan fingerprint density at radius 1 is 1.12 bits per heavy atom. The summed E-state index contributed by atoms with van der Waals surface area (Å²) in [6, 6.07) is 14.1. The average molecular weight is 357 g/mol. The van der Waals surface area contributed by atoms with Gasteiger partial charge in [-0.1, -0.05) is 28.9 Å². The predicted molar refractivity (Wildman–Crippen MR) is 90.7 cm³/mol. The molecule has 1 aliphatic heterocycles. The Hall–Kier alpha value is -2.99. The summed E-state index contributed by atoms with van der Waals surface area (Å²) in [6.45, 7) is 0.451. The van der Waals surface area contributed by atoms with Crippen LogP contribution in [0.4, 0.5) is 0 Å². The number of ether oxygens (including phenoxy) is 2. The van der Waals surface area contributed by atoms with E-state index in [2.05, 4.69) is 10.5 Å². The zero-order chi connectivity index (χ0) is 17.2. The lowest BCUT2D eigenvalue weighted by atomic mass is 10.1. The second-order valence-corrected chi connectivity index (χ2v) is 5.82. The Kier molecular flexibility index (Phi) is 4.03. The zero-order valence-corrected chi connectivity index (χ0v) is 13.7. The molecular weight excluding hydrogens is 344 g/mol. The van der Waals surface area contributed by atoms with Crippen molar-refractivity contribution in [1.82, 2.24) is 10.5 Å². The summed E-state index contributed by atoms with van der Waals surface area (Å²) < 4.78 is 16.0. The van der Waals surface area contributed by atoms with Crippen LogP contribution in [0.3, 0.4) is 0 Å². The first kappa shape index (κ1) is 15.5. The van der Waals surface area contributed by atoms with Crippen LogP contribution >= 0.6 is 11.6 Å². The van der Waals surface area contributed by atoms with Gasteiger partial charge in [0.2, 0.25) is 6.79 Å². The molecule has 4 rings (SSSR count). The molecule has 0 radical (unpaired) electrons. The van der Waals surface area contributed by atoms with Gasteiger partial charge in [0.15, 0.2) is 17.3 Å². The maximum Gasteiger partial charge on any atom is 0.253 e. The lowest BCUT2D eigenvalue weighted by molar-refractivity contribution is 0.0950. The number of amides is 1. The lowest BCUT2D eigenvalue weighted by Crippen LogP contribution is -2.23. The number of nitrogens with one attached hydrogen (secondary N) is 1. The summed E-state index contributed by atoms with van der Waals surface area (Å²) >= 11 is 6.01. The molecule has 0 atom stereocenters. The van der Waals surface area contributed by atoms with Crippen LogP contribution in [0.25, 0.3) is 11.3 Å². The first-order valence-electron chi connectivity index (χ1n) is 7.59. The van der Waals surface area contributed by atoms with Gasteiger partial charge in [-0.25, -0.2) is 0 Å². The van der Waals surface area contributed by atoms with Crippen LogP contribution in [-0.4, -0.2) is 17.9 Å². The third kappa shape index (κ3) is 3.16. The summed E-state index contributed by atoms with van der Waals surface area (Å²) in [6.07, 6.45) is 0. The number of carbonyl (C=O) groups excluding carboxylic acids is 1. The molecule has 0 spiro atoms. The van der Waals surface area contributed by atoms with Crippen molar-refractivity contribution in [3.8, 4) is 22.8 Å². The zero-order valence-electron chi connectivity index (χ0n) is 13.0. The van der Waals surface area contributed by atoms with Crippen LogP contribution in [-0.2, 0) is 6.54 Å². The van der Waals surface area contributed by atoms with E-state index in [1.807, 2.05) is 18.2 Å². The van der Waals surface area contributed by atoms with E-state index in [4.69, 9.17) is 25.6 Å². The standard InChI is InChI=1S/C18H13ClN2O4/c19-14-4-2-1-3-13(14)18(22)20-9-12-8-16(25-21-12)11-5-6-15-17(7-11)24-10-23-15/h1-8H,9-10H2,(H,20,22). The first-order valence-corrected chi connectivity index (χ1v) is 7.97. The minimum atomic E-state index is -0.266. The molecule has 3 aromatic rings. The monoisotopic (exact) mass is 356 g/mol. The van der Waals surface area contributed by atoms with Crippen LogP contribution in [0.15, 0.2) is 53.1 Å². The Bertz CT molecular complexity index is 938. The van der Waals surface area contributed by atoms with E-state index in [9.17, 15) is 4.79 Å². The minimum absolute atomic E-state index is 0.217. The summed E-state index contributed by atoms with van der Waals surface area (Å²) in [4.78, 5) is 12.2. The van der Waals surface area contributed by atoms with E-state index in [1.54, 1.807) is 30.3 Å². The molecule has 0 saturated carbocycles. The van der Waals surface area contributed by atoms with Gasteiger partial charge >= 0.3 is 0 Å². The van der Waals surface area contributed by atoms with Crippen molar-refractivity contribution in [3.05, 3.63) is 64.8 Å². The Morgan fingerprint density at radius 2 is 1.96 bits per heavy atom. The molecular formula is C18H13ClN2O4. The van der Waals surface area contributed by atoms with Crippen molar-refractivity contribution in [3.63, 3.8) is 0 Å². The third-order valence-electron chi connectivity index (χ3n) is 3.76. The average Bonchev–Trinajstić information content (AvgIpc) is 3.28. The molecule has 2 heterocycles. The molecule has 1 aliphatic rings. The molecule has 1 N–H and O–H groups in total. The predicted octanol–water partition coefficient (Wildman–Crippen LogP) is 3.65. The first-order chi connectivity index (χ1) is 12.2. The molecule has 0 bridgehead atoms. The van der Waals surface area contributed by atoms with E-state index in [-0.39, 0.29) is 19.2 Å². The Labute approximate surface area is 148 Å². The van der Waals surface area contributed by atoms with Gasteiger partial charge in [0.05, 0.1) is 17.1 Å². The molecule has 0 unspecified atom stereocenters. The quantitative estimate of drug-likeness (QED) is 0.772. The van der Waals surface area contributed by atoms with Gasteiger partial charge in [-0.15, -0.1) is 0 Å². The van der Waals surface area contributed by atoms with Gasteiger partial charge in [0.1, 0.15) is 5.69 Å². The summed E-state index contributed by atoms with van der Waals surface area (Å²) in [5.41, 5.74) is 1.84. The van der Waals surface area contributed by atoms with E-state index in [1.165, 1.54) is 0 Å². The van der Waals surface area contributed by atoms with Crippen molar-refractivity contribution in [2.24, 2.45) is 0 Å². The highest BCUT2D eigenvalue weighted by Crippen LogP contribution is 2.36. The lowest BCUT2D eigenvalue weighted by Gasteiger charge is -2.04. The fraction of sp³-hybridized carbons (Fsp3) is 0.111. The number of halogens is 1. The molecule has 2 aromatic carbocycles. The number of hydrogen-bond acceptors (Lipinski definition) is 5. The van der Waals surface area contributed by atoms with Crippen LogP contribution in [0, 0.1) is 0 Å². The van der Waals surface area contributed by atoms with E-state index >= 15 is 0 Å². The fourth-order valence-corrected chi connectivity index (χ4v) is 2.71. The van der Waals surface area contributed by atoms with Crippen molar-refractivity contribution in [1.29, 1.82) is 0 Å². The molecule has 7 heteroatoms. The maximum absolute atomic E-state index is 12.2. The van der Waals surface area contributed by atoms with Crippen molar-refractivity contribution in [2.75, 3.05) is 6.79 Å². The summed E-state index contributed by atoms with van der Waals surface area (Å²) in [5, 5.41) is 7.16. The van der Waals surface area contributed by atoms with E-state index < -0.39 is 0 Å². The summed E-state index contributed by atoms with van der Waals surface area (Å²) in [7, 11) is 0. The van der Waals surface area contributed by atoms with Gasteiger partial charge in [-0.3, -0.25) is 4.79 Å². The number of aromatic nitrogens is 1. The van der Waals surface area contributed by atoms with E-state index in [0.29, 0.717) is 33.5 Å². The number of hydrogen-bond donors (Lipinski definition) is 1. The highest BCUT2D eigenvalue weighted by Gasteiger charge is 2.16. The number of rotatable bonds is 4. The number of carbonyl (C=O) groups is 1. The van der Waals surface area contributed by atoms with E-state index in [0.717, 1.165) is 5.56 Å². The molecule has 6 nitrogen and oxygen atoms in total. The molecule has 126 valence electrons. The largest absolute Gasteiger partial charge is 0.454 e. The number of benzene rings is 2. The van der Waals surface area contributed by atoms with Crippen LogP contribution in [0.2, 0.25) is 5.02 Å². The normalized spacial score (nSPS) is 12.2. The minimum Gasteiger partial charge on any atom is -0.454 e. The number of nitrogens with zero attached hydrogens (tertiary/aromatic N) is 1. The van der Waals surface area contributed by atoms with Crippen molar-refractivity contribution < 1.29 is 18.8 Å². The molecule has 0 fully saturated rings. The topological polar surface area (TPSA) is 73.6 Å². The van der Waals surface area contributed by atoms with Gasteiger partial charge in [0.25, 0.3) is 5.91 Å². The third-order valence-corrected chi connectivity index (χ3v) is 4.09. The van der Waals surface area contributed by atoms with Gasteiger partial charge in [-0.2, -0.15) is 0 Å². The second kappa shape index (κ2) is 6.49. The smallest absolute Gasteiger partial charge is 0.253 e. The van der Waals surface area contributed by atoms with Gasteiger partial charge in [-0.05, 0) is 30.3 Å². The molecule has 1 amide bonds. The molecule has 25 heavy (non-hydrogen) atoms. The van der Waals surface area contributed by atoms with Crippen molar-refractivity contribution >= 4 is 17.5 Å². The van der Waals surface area contributed by atoms with Gasteiger partial charge in [0, 0.05) is 11.6 Å². The number of fused-ring (bicyclic) bond motifs is 1. The highest BCUT2D eigenvalue weighted by molar-refractivity contribution is 6.33. The van der Waals surface area contributed by atoms with Crippen molar-refractivity contribution in [2.45, 2.75) is 6.54 Å². The van der Waals surface area contributed by atoms with Crippen LogP contribution < -0.4 is 14.8 Å². The summed E-state index contributed by atoms with van der Waals surface area (Å²) in [5.74, 6) is 1.69. The molecule has 0 saturated heterocycles. The Morgan fingerprint density at radius 3 is 2.84 bits per heavy atom.